The van der Waals surface area contributed by atoms with E-state index in [4.69, 9.17) is 9.68 Å². The lowest BCUT2D eigenvalue weighted by Gasteiger charge is -2.40. The Morgan fingerprint density at radius 2 is 1.71 bits per heavy atom. The van der Waals surface area contributed by atoms with E-state index >= 15 is 0 Å². The third-order valence-corrected chi connectivity index (χ3v) is 7.19. The molecule has 1 aliphatic heterocycles. The summed E-state index contributed by atoms with van der Waals surface area (Å²) in [5.41, 5.74) is 2.42. The first-order chi connectivity index (χ1) is 18.4. The molecular formula is C28H30F3N5O2. The number of nitriles is 1. The van der Waals surface area contributed by atoms with Crippen LogP contribution in [0.25, 0.3) is 11.3 Å². The molecule has 1 saturated carbocycles. The highest BCUT2D eigenvalue weighted by Gasteiger charge is 2.32. The summed E-state index contributed by atoms with van der Waals surface area (Å²) in [6.45, 7) is 1.91. The van der Waals surface area contributed by atoms with Crippen molar-refractivity contribution in [1.29, 1.82) is 5.26 Å². The van der Waals surface area contributed by atoms with Crippen molar-refractivity contribution in [2.45, 2.75) is 63.0 Å². The number of hydrogen-bond acceptors (Lipinski definition) is 7. The zero-order chi connectivity index (χ0) is 26.5. The molecule has 0 unspecified atom stereocenters. The van der Waals surface area contributed by atoms with E-state index in [0.717, 1.165) is 57.3 Å². The third-order valence-electron chi connectivity index (χ3n) is 7.19. The number of halogens is 3. The van der Waals surface area contributed by atoms with E-state index in [9.17, 15) is 13.2 Å². The number of piperidine rings is 1. The quantitative estimate of drug-likeness (QED) is 0.386. The van der Waals surface area contributed by atoms with Crippen LogP contribution >= 0.6 is 0 Å². The molecule has 0 bridgehead atoms. The highest BCUT2D eigenvalue weighted by atomic mass is 19.4. The molecule has 2 aromatic carbocycles. The lowest BCUT2D eigenvalue weighted by atomic mass is 9.89. The van der Waals surface area contributed by atoms with Crippen molar-refractivity contribution >= 4 is 11.7 Å². The predicted octanol–water partition coefficient (Wildman–Crippen LogP) is 6.09. The van der Waals surface area contributed by atoms with E-state index in [-0.39, 0.29) is 17.8 Å². The Morgan fingerprint density at radius 1 is 0.974 bits per heavy atom. The Hall–Kier alpha value is -3.71. The van der Waals surface area contributed by atoms with Crippen molar-refractivity contribution in [1.82, 2.24) is 10.3 Å². The molecule has 5 rings (SSSR count). The van der Waals surface area contributed by atoms with Crippen LogP contribution in [0.5, 0.6) is 5.75 Å². The highest BCUT2D eigenvalue weighted by Crippen LogP contribution is 2.30. The van der Waals surface area contributed by atoms with E-state index in [1.54, 1.807) is 6.20 Å². The van der Waals surface area contributed by atoms with Crippen LogP contribution in [-0.2, 0) is 0 Å². The second-order valence-corrected chi connectivity index (χ2v) is 9.85. The molecule has 0 spiro atoms. The first kappa shape index (κ1) is 25.9. The van der Waals surface area contributed by atoms with Crippen LogP contribution < -0.4 is 20.3 Å². The van der Waals surface area contributed by atoms with Gasteiger partial charge in [0.15, 0.2) is 5.76 Å². The number of ether oxygens (including phenoxy) is 1. The minimum absolute atomic E-state index is 0.156. The number of aromatic nitrogens is 1. The molecule has 1 aliphatic carbocycles. The van der Waals surface area contributed by atoms with Crippen LogP contribution in [0, 0.1) is 11.3 Å². The number of alkyl halides is 3. The molecule has 38 heavy (non-hydrogen) atoms. The summed E-state index contributed by atoms with van der Waals surface area (Å²) in [7, 11) is 0. The fourth-order valence-electron chi connectivity index (χ4n) is 5.35. The van der Waals surface area contributed by atoms with Gasteiger partial charge >= 0.3 is 6.36 Å². The number of rotatable bonds is 7. The summed E-state index contributed by atoms with van der Waals surface area (Å²) >= 11 is 0. The van der Waals surface area contributed by atoms with Gasteiger partial charge < -0.3 is 24.7 Å². The maximum absolute atomic E-state index is 12.4. The van der Waals surface area contributed by atoms with Gasteiger partial charge in [-0.2, -0.15) is 5.26 Å². The monoisotopic (exact) mass is 525 g/mol. The van der Waals surface area contributed by atoms with Gasteiger partial charge in [0.05, 0.1) is 17.8 Å². The summed E-state index contributed by atoms with van der Waals surface area (Å²) < 4.78 is 47.1. The van der Waals surface area contributed by atoms with Crippen LogP contribution in [-0.4, -0.2) is 42.6 Å². The van der Waals surface area contributed by atoms with Crippen LogP contribution in [0.1, 0.15) is 44.1 Å². The molecule has 0 radical (unpaired) electrons. The van der Waals surface area contributed by atoms with Gasteiger partial charge in [-0.15, -0.1) is 13.2 Å². The average Bonchev–Trinajstić information content (AvgIpc) is 3.38. The van der Waals surface area contributed by atoms with Crippen LogP contribution in [0.4, 0.5) is 24.9 Å². The lowest BCUT2D eigenvalue weighted by Crippen LogP contribution is -2.54. The summed E-state index contributed by atoms with van der Waals surface area (Å²) in [6, 6.07) is 16.6. The summed E-state index contributed by atoms with van der Waals surface area (Å²) in [6.07, 6.45) is 3.37. The molecule has 10 heteroatoms. The van der Waals surface area contributed by atoms with Crippen molar-refractivity contribution in [2.75, 3.05) is 23.3 Å². The Labute approximate surface area is 219 Å². The minimum atomic E-state index is -4.73. The zero-order valence-electron chi connectivity index (χ0n) is 20.9. The predicted molar refractivity (Wildman–Crippen MR) is 138 cm³/mol. The fraction of sp³-hybridized carbons (Fsp3) is 0.429. The number of hydrogen-bond donors (Lipinski definition) is 2. The number of oxazole rings is 1. The topological polar surface area (TPSA) is 86.4 Å². The Morgan fingerprint density at radius 3 is 2.42 bits per heavy atom. The Balaban J connectivity index is 1.19. The van der Waals surface area contributed by atoms with Crippen molar-refractivity contribution in [3.63, 3.8) is 0 Å². The molecule has 2 fully saturated rings. The molecule has 1 aromatic heterocycles. The molecule has 2 heterocycles. The maximum Gasteiger partial charge on any atom is 0.573 e. The van der Waals surface area contributed by atoms with E-state index < -0.39 is 6.36 Å². The van der Waals surface area contributed by atoms with Crippen molar-refractivity contribution in [3.8, 4) is 23.1 Å². The highest BCUT2D eigenvalue weighted by molar-refractivity contribution is 5.58. The van der Waals surface area contributed by atoms with Crippen molar-refractivity contribution < 1.29 is 22.3 Å². The number of benzene rings is 2. The van der Waals surface area contributed by atoms with Gasteiger partial charge in [-0.1, -0.05) is 12.8 Å². The van der Waals surface area contributed by atoms with Gasteiger partial charge in [-0.3, -0.25) is 0 Å². The van der Waals surface area contributed by atoms with E-state index in [1.165, 1.54) is 24.3 Å². The second kappa shape index (κ2) is 11.4. The van der Waals surface area contributed by atoms with Gasteiger partial charge in [-0.05, 0) is 74.2 Å². The number of anilines is 2. The number of nitrogens with zero attached hydrogens (tertiary/aromatic N) is 3. The van der Waals surface area contributed by atoms with Crippen molar-refractivity contribution in [3.05, 3.63) is 60.3 Å². The molecule has 3 atom stereocenters. The summed E-state index contributed by atoms with van der Waals surface area (Å²) in [5.74, 6) is 0.187. The first-order valence-electron chi connectivity index (χ1n) is 13.0. The fourth-order valence-corrected chi connectivity index (χ4v) is 5.35. The largest absolute Gasteiger partial charge is 0.573 e. The molecule has 2 N–H and O–H groups in total. The molecule has 3 aromatic rings. The standard InChI is InChI=1S/C28H30F3N5O2/c29-28(30,31)38-23-13-9-20(10-14-23)26-17-33-27(37-26)35-25-6-2-1-5-24(25)34-21-4-3-15-36(18-21)22-11-7-19(16-32)8-12-22/h7-14,17,21,24-25,34H,1-6,15,18H2,(H,33,35)/t21-,24+,25+/m0/s1. The van der Waals surface area contributed by atoms with Crippen LogP contribution in [0.15, 0.2) is 59.1 Å². The van der Waals surface area contributed by atoms with Gasteiger partial charge in [0, 0.05) is 42.5 Å². The SMILES string of the molecule is N#Cc1ccc(N2CCC[C@H](N[C@@H]3CCCC[C@H]3Nc3ncc(-c4ccc(OC(F)(F)F)cc4)o3)C2)cc1. The van der Waals surface area contributed by atoms with Gasteiger partial charge in [0.25, 0.3) is 6.01 Å². The van der Waals surface area contributed by atoms with Crippen LogP contribution in [0.2, 0.25) is 0 Å². The summed E-state index contributed by atoms with van der Waals surface area (Å²) in [4.78, 5) is 6.74. The second-order valence-electron chi connectivity index (χ2n) is 9.85. The molecule has 1 saturated heterocycles. The minimum Gasteiger partial charge on any atom is -0.424 e. The molecule has 200 valence electrons. The normalized spacial score (nSPS) is 22.1. The van der Waals surface area contributed by atoms with Gasteiger partial charge in [-0.25, -0.2) is 4.98 Å². The Kier molecular flexibility index (Phi) is 7.74. The maximum atomic E-state index is 12.4. The smallest absolute Gasteiger partial charge is 0.424 e. The zero-order valence-corrected chi connectivity index (χ0v) is 20.9. The third kappa shape index (κ3) is 6.58. The van der Waals surface area contributed by atoms with Crippen LogP contribution in [0.3, 0.4) is 0 Å². The molecule has 7 nitrogen and oxygen atoms in total. The van der Waals surface area contributed by atoms with Crippen molar-refractivity contribution in [2.24, 2.45) is 0 Å². The van der Waals surface area contributed by atoms with E-state index in [0.29, 0.717) is 28.9 Å². The molecule has 2 aliphatic rings. The summed E-state index contributed by atoms with van der Waals surface area (Å²) in [5, 5.41) is 16.4. The molecular weight excluding hydrogens is 495 g/mol. The van der Waals surface area contributed by atoms with Gasteiger partial charge in [0.1, 0.15) is 5.75 Å². The van der Waals surface area contributed by atoms with Gasteiger partial charge in [0.2, 0.25) is 0 Å². The molecule has 0 amide bonds. The van der Waals surface area contributed by atoms with E-state index in [2.05, 4.69) is 31.3 Å². The Bertz CT molecular complexity index is 1240. The lowest BCUT2D eigenvalue weighted by molar-refractivity contribution is -0.274. The van der Waals surface area contributed by atoms with E-state index in [1.807, 2.05) is 24.3 Å². The average molecular weight is 526 g/mol. The first-order valence-corrected chi connectivity index (χ1v) is 13.0. The number of nitrogens with one attached hydrogen (secondary N) is 2.